The molecule has 3 aliphatic rings. The Labute approximate surface area is 293 Å². The Balaban J connectivity index is 1.28. The number of allylic oxidation sites excluding steroid dienone is 2. The van der Waals surface area contributed by atoms with Crippen molar-refractivity contribution in [2.45, 2.75) is 6.92 Å². The molecule has 0 N–H and O–H groups in total. The number of imide groups is 3. The smallest absolute Gasteiger partial charge is 0.268 e. The summed E-state index contributed by atoms with van der Waals surface area (Å²) in [5.74, 6) is -6.68. The maximum absolute atomic E-state index is 14.2. The molecule has 0 saturated carbocycles. The molecule has 3 aliphatic heterocycles. The van der Waals surface area contributed by atoms with Crippen LogP contribution in [0, 0.1) is 6.92 Å². The molecule has 9 rings (SSSR count). The van der Waals surface area contributed by atoms with Gasteiger partial charge >= 0.3 is 0 Å². The number of hydrogen-bond acceptors (Lipinski definition) is 9. The number of anilines is 3. The lowest BCUT2D eigenvalue weighted by Gasteiger charge is -2.31. The first kappa shape index (κ1) is 30.6. The lowest BCUT2D eigenvalue weighted by Crippen LogP contribution is -2.46. The molecule has 6 amide bonds. The molecule has 248 valence electrons. The van der Waals surface area contributed by atoms with Crippen LogP contribution in [0.5, 0.6) is 0 Å². The molecular formula is C40H22N6O6. The van der Waals surface area contributed by atoms with Gasteiger partial charge in [-0.3, -0.25) is 28.8 Å². The molecule has 0 aliphatic carbocycles. The Hall–Kier alpha value is -7.47. The summed E-state index contributed by atoms with van der Waals surface area (Å²) in [6.45, 7) is 5.48. The van der Waals surface area contributed by atoms with Crippen LogP contribution >= 0.6 is 0 Å². The van der Waals surface area contributed by atoms with Crippen LogP contribution in [0.2, 0.25) is 0 Å². The normalized spacial score (nSPS) is 16.0. The molecule has 12 nitrogen and oxygen atoms in total. The topological polar surface area (TPSA) is 151 Å². The molecule has 6 aromatic rings. The Morgan fingerprint density at radius 1 is 0.481 bits per heavy atom. The Morgan fingerprint density at radius 2 is 0.827 bits per heavy atom. The van der Waals surface area contributed by atoms with Gasteiger partial charge in [0.1, 0.15) is 0 Å². The molecule has 0 spiro atoms. The second-order valence-corrected chi connectivity index (χ2v) is 12.3. The number of aromatic nitrogens is 3. The van der Waals surface area contributed by atoms with Crippen molar-refractivity contribution >= 4 is 80.4 Å². The largest absolute Gasteiger partial charge is 0.268 e. The molecule has 0 saturated heterocycles. The van der Waals surface area contributed by atoms with Crippen LogP contribution in [-0.4, -0.2) is 50.4 Å². The number of amides is 6. The minimum Gasteiger partial charge on any atom is -0.268 e. The van der Waals surface area contributed by atoms with Crippen molar-refractivity contribution in [1.82, 2.24) is 15.0 Å². The van der Waals surface area contributed by atoms with Gasteiger partial charge in [-0.05, 0) is 59.7 Å². The van der Waals surface area contributed by atoms with E-state index in [4.69, 9.17) is 0 Å². The summed E-state index contributed by atoms with van der Waals surface area (Å²) < 4.78 is 0. The van der Waals surface area contributed by atoms with Crippen molar-refractivity contribution in [3.8, 4) is 0 Å². The summed E-state index contributed by atoms with van der Waals surface area (Å²) in [4.78, 5) is 100. The number of benzene rings is 5. The Morgan fingerprint density at radius 3 is 1.23 bits per heavy atom. The zero-order valence-corrected chi connectivity index (χ0v) is 27.2. The SMILES string of the molecule is C=CC=C1C(=O)N(c2nc(N3C(=O)c4cccc5cccc(c45)C3=O)nc(N3C(=O)c4cccc5cccc(c45)C3=O)n2)C(=O)c2cccc(C)c21. The molecule has 0 fully saturated rings. The fourth-order valence-corrected chi connectivity index (χ4v) is 7.17. The highest BCUT2D eigenvalue weighted by molar-refractivity contribution is 6.41. The van der Waals surface area contributed by atoms with Gasteiger partial charge in [0.25, 0.3) is 35.4 Å². The van der Waals surface area contributed by atoms with Gasteiger partial charge in [-0.25, -0.2) is 14.7 Å². The van der Waals surface area contributed by atoms with Gasteiger partial charge in [-0.1, -0.05) is 73.3 Å². The third-order valence-electron chi connectivity index (χ3n) is 9.44. The van der Waals surface area contributed by atoms with Gasteiger partial charge in [0, 0.05) is 49.7 Å². The lowest BCUT2D eigenvalue weighted by atomic mass is 9.89. The second-order valence-electron chi connectivity index (χ2n) is 12.3. The van der Waals surface area contributed by atoms with E-state index in [9.17, 15) is 28.8 Å². The molecule has 1 aromatic heterocycles. The number of hydrogen-bond donors (Lipinski definition) is 0. The minimum atomic E-state index is -0.840. The average Bonchev–Trinajstić information content (AvgIpc) is 3.14. The third kappa shape index (κ3) is 4.11. The summed E-state index contributed by atoms with van der Waals surface area (Å²) in [5, 5.41) is 2.19. The van der Waals surface area contributed by atoms with Gasteiger partial charge in [0.2, 0.25) is 17.8 Å². The monoisotopic (exact) mass is 682 g/mol. The van der Waals surface area contributed by atoms with E-state index in [0.29, 0.717) is 47.4 Å². The van der Waals surface area contributed by atoms with E-state index in [1.54, 1.807) is 91.9 Å². The van der Waals surface area contributed by atoms with Crippen molar-refractivity contribution in [1.29, 1.82) is 0 Å². The molecule has 12 heteroatoms. The van der Waals surface area contributed by atoms with Gasteiger partial charge < -0.3 is 0 Å². The lowest BCUT2D eigenvalue weighted by molar-refractivity contribution is -0.112. The quantitative estimate of drug-likeness (QED) is 0.165. The third-order valence-corrected chi connectivity index (χ3v) is 9.44. The standard InChI is InChI=1S/C40H22N6O6/c1-3-9-23-29-20(2)10-4-15-24(29)33(48)44(32(23)47)38-41-39(45-34(49)25-16-5-11-21-12-6-17-26(30(21)25)35(45)50)43-40(42-38)46-36(51)27-18-7-13-22-14-8-19-28(31(22)27)37(46)52/h3-19H,1H2,2H3. The minimum absolute atomic E-state index is 0.0997. The highest BCUT2D eigenvalue weighted by Gasteiger charge is 2.43. The van der Waals surface area contributed by atoms with Crippen LogP contribution < -0.4 is 14.7 Å². The predicted octanol–water partition coefficient (Wildman–Crippen LogP) is 5.84. The zero-order valence-electron chi connectivity index (χ0n) is 27.2. The van der Waals surface area contributed by atoms with Crippen LogP contribution in [0.1, 0.15) is 62.9 Å². The molecular weight excluding hydrogens is 660 g/mol. The van der Waals surface area contributed by atoms with Crippen molar-refractivity contribution in [2.24, 2.45) is 0 Å². The van der Waals surface area contributed by atoms with Gasteiger partial charge in [0.05, 0.1) is 0 Å². The van der Waals surface area contributed by atoms with E-state index in [1.807, 2.05) is 0 Å². The van der Waals surface area contributed by atoms with E-state index in [0.717, 1.165) is 0 Å². The van der Waals surface area contributed by atoms with Crippen LogP contribution in [0.25, 0.3) is 27.1 Å². The van der Waals surface area contributed by atoms with Gasteiger partial charge in [-0.2, -0.15) is 15.0 Å². The maximum atomic E-state index is 14.2. The first-order valence-electron chi connectivity index (χ1n) is 16.1. The number of fused-ring (bicyclic) bond motifs is 1. The number of aryl methyl sites for hydroxylation is 1. The van der Waals surface area contributed by atoms with Crippen LogP contribution in [-0.2, 0) is 4.79 Å². The van der Waals surface area contributed by atoms with E-state index >= 15 is 0 Å². The number of nitrogens with zero attached hydrogens (tertiary/aromatic N) is 6. The van der Waals surface area contributed by atoms with E-state index in [-0.39, 0.29) is 33.4 Å². The molecule has 4 heterocycles. The van der Waals surface area contributed by atoms with E-state index in [1.165, 1.54) is 18.2 Å². The summed E-state index contributed by atoms with van der Waals surface area (Å²) in [7, 11) is 0. The van der Waals surface area contributed by atoms with Crippen molar-refractivity contribution in [3.63, 3.8) is 0 Å². The summed E-state index contributed by atoms with van der Waals surface area (Å²) in [5.41, 5.74) is 1.98. The Kier molecular flexibility index (Phi) is 6.48. The first-order valence-corrected chi connectivity index (χ1v) is 16.1. The Bertz CT molecular complexity index is 2530. The number of carbonyl (C=O) groups is 6. The molecule has 0 unspecified atom stereocenters. The van der Waals surface area contributed by atoms with E-state index in [2.05, 4.69) is 21.5 Å². The molecule has 5 aromatic carbocycles. The fraction of sp³-hybridized carbons (Fsp3) is 0.0250. The first-order chi connectivity index (χ1) is 25.2. The van der Waals surface area contributed by atoms with E-state index < -0.39 is 53.3 Å². The van der Waals surface area contributed by atoms with Crippen molar-refractivity contribution < 1.29 is 28.8 Å². The van der Waals surface area contributed by atoms with Crippen molar-refractivity contribution in [3.05, 3.63) is 149 Å². The number of carbonyl (C=O) groups excluding carboxylic acids is 6. The van der Waals surface area contributed by atoms with Crippen LogP contribution in [0.4, 0.5) is 17.8 Å². The van der Waals surface area contributed by atoms with Gasteiger partial charge in [0.15, 0.2) is 0 Å². The van der Waals surface area contributed by atoms with Crippen LogP contribution in [0.15, 0.2) is 110 Å². The highest BCUT2D eigenvalue weighted by atomic mass is 16.2. The second kappa shape index (κ2) is 11.0. The molecule has 0 atom stereocenters. The van der Waals surface area contributed by atoms with Crippen molar-refractivity contribution in [2.75, 3.05) is 14.7 Å². The highest BCUT2D eigenvalue weighted by Crippen LogP contribution is 2.38. The van der Waals surface area contributed by atoms with Gasteiger partial charge in [-0.15, -0.1) is 0 Å². The predicted molar refractivity (Wildman–Crippen MR) is 191 cm³/mol. The van der Waals surface area contributed by atoms with Crippen LogP contribution in [0.3, 0.4) is 0 Å². The molecule has 52 heavy (non-hydrogen) atoms. The fourth-order valence-electron chi connectivity index (χ4n) is 7.17. The molecule has 0 radical (unpaired) electrons. The summed E-state index contributed by atoms with van der Waals surface area (Å²) in [6.07, 6.45) is 2.84. The average molecular weight is 683 g/mol. The summed E-state index contributed by atoms with van der Waals surface area (Å²) in [6, 6.07) is 24.9. The summed E-state index contributed by atoms with van der Waals surface area (Å²) >= 11 is 0. The zero-order chi connectivity index (χ0) is 36.0. The molecule has 0 bridgehead atoms. The maximum Gasteiger partial charge on any atom is 0.268 e. The number of rotatable bonds is 4.